The molecule has 0 aromatic heterocycles. The van der Waals surface area contributed by atoms with Gasteiger partial charge in [0.2, 0.25) is 0 Å². The highest BCUT2D eigenvalue weighted by atomic mass is 16.3. The lowest BCUT2D eigenvalue weighted by atomic mass is 9.39. The Morgan fingerprint density at radius 3 is 2.32 bits per heavy atom. The first kappa shape index (κ1) is 24.1. The Morgan fingerprint density at radius 1 is 0.935 bits per heavy atom. The smallest absolute Gasteiger partial charge is 0.0625 e. The third-order valence-corrected chi connectivity index (χ3v) is 12.3. The average Bonchev–Trinajstić information content (AvgIpc) is 3.04. The second-order valence-electron chi connectivity index (χ2n) is 14.2. The number of rotatable bonds is 5. The van der Waals surface area contributed by atoms with Crippen molar-refractivity contribution in [3.8, 4) is 0 Å². The highest BCUT2D eigenvalue weighted by molar-refractivity contribution is 5.13. The predicted molar refractivity (Wildman–Crippen MR) is 130 cm³/mol. The summed E-state index contributed by atoms with van der Waals surface area (Å²) in [7, 11) is 0. The minimum absolute atomic E-state index is 0.306. The third kappa shape index (κ3) is 3.84. The molecule has 180 valence electrons. The van der Waals surface area contributed by atoms with Crippen molar-refractivity contribution in [3.63, 3.8) is 0 Å². The molecule has 4 saturated carbocycles. The van der Waals surface area contributed by atoms with Crippen LogP contribution in [0.2, 0.25) is 0 Å². The Kier molecular flexibility index (Phi) is 5.99. The van der Waals surface area contributed by atoms with Crippen LogP contribution in [0, 0.1) is 45.8 Å². The molecule has 10 atom stereocenters. The van der Waals surface area contributed by atoms with Crippen molar-refractivity contribution in [2.75, 3.05) is 0 Å². The summed E-state index contributed by atoms with van der Waals surface area (Å²) in [6.45, 7) is 16.5. The molecule has 0 aromatic rings. The third-order valence-electron chi connectivity index (χ3n) is 12.3. The van der Waals surface area contributed by atoms with Crippen LogP contribution in [0.15, 0.2) is 0 Å². The molecular formula is C29H52O2. The second kappa shape index (κ2) is 7.72. The summed E-state index contributed by atoms with van der Waals surface area (Å²) in [5.74, 6) is 4.21. The fraction of sp³-hybridized carbons (Fsp3) is 1.00. The van der Waals surface area contributed by atoms with Crippen LogP contribution in [0.3, 0.4) is 0 Å². The van der Waals surface area contributed by atoms with E-state index in [1.54, 1.807) is 0 Å². The first-order chi connectivity index (χ1) is 14.3. The van der Waals surface area contributed by atoms with E-state index in [-0.39, 0.29) is 0 Å². The summed E-state index contributed by atoms with van der Waals surface area (Å²) >= 11 is 0. The van der Waals surface area contributed by atoms with Crippen molar-refractivity contribution >= 4 is 0 Å². The SMILES string of the molecule is CC[C@](C)(O)CC[C@@H](C)[C@H]1CC[C@H]2[C@@H]3CC[C@@]4(C)C[C@@](C)(O)CC[C@]4(C)[C@H]3CC[C@]12C. The van der Waals surface area contributed by atoms with Gasteiger partial charge >= 0.3 is 0 Å². The zero-order valence-corrected chi connectivity index (χ0v) is 21.8. The van der Waals surface area contributed by atoms with Crippen molar-refractivity contribution in [1.82, 2.24) is 0 Å². The molecule has 2 nitrogen and oxygen atoms in total. The summed E-state index contributed by atoms with van der Waals surface area (Å²) in [5.41, 5.74) is 0.264. The maximum Gasteiger partial charge on any atom is 0.0625 e. The molecule has 0 bridgehead atoms. The van der Waals surface area contributed by atoms with Crippen LogP contribution in [0.4, 0.5) is 0 Å². The molecule has 2 N–H and O–H groups in total. The Morgan fingerprint density at radius 2 is 1.65 bits per heavy atom. The van der Waals surface area contributed by atoms with Gasteiger partial charge in [-0.05, 0) is 137 Å². The summed E-state index contributed by atoms with van der Waals surface area (Å²) < 4.78 is 0. The van der Waals surface area contributed by atoms with Gasteiger partial charge in [0, 0.05) is 0 Å². The van der Waals surface area contributed by atoms with Crippen molar-refractivity contribution in [2.24, 2.45) is 45.8 Å². The van der Waals surface area contributed by atoms with Crippen LogP contribution in [0.5, 0.6) is 0 Å². The van der Waals surface area contributed by atoms with Gasteiger partial charge in [-0.15, -0.1) is 0 Å². The monoisotopic (exact) mass is 432 g/mol. The predicted octanol–water partition coefficient (Wildman–Crippen LogP) is 7.36. The van der Waals surface area contributed by atoms with Crippen LogP contribution in [-0.2, 0) is 0 Å². The van der Waals surface area contributed by atoms with Crippen LogP contribution in [0.1, 0.15) is 126 Å². The maximum atomic E-state index is 10.9. The van der Waals surface area contributed by atoms with E-state index in [1.165, 1.54) is 51.4 Å². The van der Waals surface area contributed by atoms with Gasteiger partial charge in [-0.3, -0.25) is 0 Å². The van der Waals surface area contributed by atoms with Gasteiger partial charge in [-0.2, -0.15) is 0 Å². The van der Waals surface area contributed by atoms with Crippen molar-refractivity contribution in [3.05, 3.63) is 0 Å². The summed E-state index contributed by atoms with van der Waals surface area (Å²) in [6.07, 6.45) is 14.5. The molecule has 4 rings (SSSR count). The molecule has 0 radical (unpaired) electrons. The molecule has 0 aromatic carbocycles. The van der Waals surface area contributed by atoms with E-state index >= 15 is 0 Å². The maximum absolute atomic E-state index is 10.9. The van der Waals surface area contributed by atoms with Gasteiger partial charge < -0.3 is 10.2 Å². The molecule has 0 saturated heterocycles. The highest BCUT2D eigenvalue weighted by Gasteiger charge is 2.64. The standard InChI is InChI=1S/C29H52O2/c1-8-26(4,30)15-11-20(2)22-9-10-23-21-12-14-25(3)19-27(5,31)17-18-29(25,7)24(21)13-16-28(22,23)6/h20-24,30-31H,8-19H2,1-7H3/t20-,21+,22-,23+,24+,25+,26+,27+,28-,29-/m1/s1. The van der Waals surface area contributed by atoms with Gasteiger partial charge in [-0.25, -0.2) is 0 Å². The minimum Gasteiger partial charge on any atom is -0.390 e. The van der Waals surface area contributed by atoms with E-state index in [2.05, 4.69) is 41.5 Å². The fourth-order valence-corrected chi connectivity index (χ4v) is 9.83. The Balaban J connectivity index is 1.51. The van der Waals surface area contributed by atoms with E-state index in [0.29, 0.717) is 16.2 Å². The molecule has 2 heteroatoms. The molecule has 0 heterocycles. The summed E-state index contributed by atoms with van der Waals surface area (Å²) in [6, 6.07) is 0. The molecule has 31 heavy (non-hydrogen) atoms. The quantitative estimate of drug-likeness (QED) is 0.476. The molecule has 0 spiro atoms. The molecule has 0 unspecified atom stereocenters. The van der Waals surface area contributed by atoms with E-state index in [9.17, 15) is 10.2 Å². The largest absolute Gasteiger partial charge is 0.390 e. The van der Waals surface area contributed by atoms with E-state index in [0.717, 1.165) is 55.3 Å². The van der Waals surface area contributed by atoms with Gasteiger partial charge in [0.05, 0.1) is 11.2 Å². The van der Waals surface area contributed by atoms with Crippen molar-refractivity contribution < 1.29 is 10.2 Å². The number of aliphatic hydroxyl groups is 2. The van der Waals surface area contributed by atoms with Gasteiger partial charge in [0.1, 0.15) is 0 Å². The Bertz CT molecular complexity index is 668. The topological polar surface area (TPSA) is 40.5 Å². The van der Waals surface area contributed by atoms with Crippen LogP contribution in [-0.4, -0.2) is 21.4 Å². The summed E-state index contributed by atoms with van der Waals surface area (Å²) in [5, 5.41) is 21.4. The lowest BCUT2D eigenvalue weighted by Gasteiger charge is -2.66. The van der Waals surface area contributed by atoms with Gasteiger partial charge in [0.15, 0.2) is 0 Å². The second-order valence-corrected chi connectivity index (χ2v) is 14.2. The lowest BCUT2D eigenvalue weighted by molar-refractivity contribution is -0.190. The van der Waals surface area contributed by atoms with E-state index < -0.39 is 11.2 Å². The fourth-order valence-electron chi connectivity index (χ4n) is 9.83. The van der Waals surface area contributed by atoms with Crippen LogP contribution in [0.25, 0.3) is 0 Å². The number of hydrogen-bond donors (Lipinski definition) is 2. The number of hydrogen-bond acceptors (Lipinski definition) is 2. The number of fused-ring (bicyclic) bond motifs is 5. The van der Waals surface area contributed by atoms with Gasteiger partial charge in [-0.1, -0.05) is 34.6 Å². The molecule has 0 aliphatic heterocycles. The van der Waals surface area contributed by atoms with Crippen LogP contribution < -0.4 is 0 Å². The molecule has 4 aliphatic carbocycles. The van der Waals surface area contributed by atoms with Crippen LogP contribution >= 0.6 is 0 Å². The van der Waals surface area contributed by atoms with E-state index in [4.69, 9.17) is 0 Å². The summed E-state index contributed by atoms with van der Waals surface area (Å²) in [4.78, 5) is 0. The highest BCUT2D eigenvalue weighted by Crippen LogP contribution is 2.72. The van der Waals surface area contributed by atoms with Gasteiger partial charge in [0.25, 0.3) is 0 Å². The Labute approximate surface area is 193 Å². The first-order valence-corrected chi connectivity index (χ1v) is 13.7. The first-order valence-electron chi connectivity index (χ1n) is 13.7. The zero-order chi connectivity index (χ0) is 22.9. The average molecular weight is 433 g/mol. The Hall–Kier alpha value is -0.0800. The molecule has 4 fully saturated rings. The van der Waals surface area contributed by atoms with Crippen molar-refractivity contribution in [1.29, 1.82) is 0 Å². The minimum atomic E-state index is -0.491. The van der Waals surface area contributed by atoms with Crippen molar-refractivity contribution in [2.45, 2.75) is 137 Å². The van der Waals surface area contributed by atoms with E-state index in [1.807, 2.05) is 6.92 Å². The zero-order valence-electron chi connectivity index (χ0n) is 21.8. The molecular weight excluding hydrogens is 380 g/mol. The lowest BCUT2D eigenvalue weighted by Crippen LogP contribution is -2.60. The normalized spacial score (nSPS) is 52.5. The molecule has 4 aliphatic rings. The molecule has 0 amide bonds.